The van der Waals surface area contributed by atoms with Gasteiger partial charge in [0.25, 0.3) is 0 Å². The second-order valence-corrected chi connectivity index (χ2v) is 6.46. The number of hydrogen-bond donors (Lipinski definition) is 1. The Kier molecular flexibility index (Phi) is 6.33. The molecule has 7 heteroatoms. The number of halogens is 2. The van der Waals surface area contributed by atoms with Gasteiger partial charge in [0.15, 0.2) is 10.8 Å². The summed E-state index contributed by atoms with van der Waals surface area (Å²) in [6, 6.07) is 12.3. The van der Waals surface area contributed by atoms with E-state index in [1.807, 2.05) is 0 Å². The van der Waals surface area contributed by atoms with Gasteiger partial charge < -0.3 is 4.74 Å². The Bertz CT molecular complexity index is 713. The van der Waals surface area contributed by atoms with Gasteiger partial charge >= 0.3 is 0 Å². The van der Waals surface area contributed by atoms with E-state index < -0.39 is 0 Å². The van der Waals surface area contributed by atoms with Gasteiger partial charge in [-0.25, -0.2) is 0 Å². The molecule has 0 aromatic heterocycles. The van der Waals surface area contributed by atoms with Crippen molar-refractivity contribution < 1.29 is 9.53 Å². The van der Waals surface area contributed by atoms with E-state index in [9.17, 15) is 4.79 Å². The average Bonchev–Trinajstić information content (AvgIpc) is 2.50. The van der Waals surface area contributed by atoms with Gasteiger partial charge in [-0.2, -0.15) is 5.10 Å². The Morgan fingerprint density at radius 2 is 1.74 bits per heavy atom. The van der Waals surface area contributed by atoms with Crippen molar-refractivity contribution in [1.82, 2.24) is 0 Å². The first-order chi connectivity index (χ1) is 11.0. The zero-order chi connectivity index (χ0) is 16.8. The van der Waals surface area contributed by atoms with E-state index in [1.54, 1.807) is 49.6 Å². The first-order valence-electron chi connectivity index (χ1n) is 6.60. The first kappa shape index (κ1) is 17.7. The molecule has 4 nitrogen and oxygen atoms in total. The lowest BCUT2D eigenvalue weighted by Gasteiger charge is -2.06. The number of nitrogens with one attached hydrogen (secondary N) is 1. The van der Waals surface area contributed by atoms with E-state index in [2.05, 4.69) is 10.5 Å². The number of benzene rings is 2. The van der Waals surface area contributed by atoms with Crippen LogP contribution in [0.3, 0.4) is 0 Å². The maximum Gasteiger partial charge on any atom is 0.186 e. The van der Waals surface area contributed by atoms with E-state index in [0.29, 0.717) is 15.1 Å². The molecule has 0 aliphatic rings. The fourth-order valence-corrected chi connectivity index (χ4v) is 3.14. The number of ketones is 1. The summed E-state index contributed by atoms with van der Waals surface area (Å²) < 4.78 is 5.09. The van der Waals surface area contributed by atoms with Crippen molar-refractivity contribution in [2.24, 2.45) is 5.10 Å². The molecule has 0 bridgehead atoms. The Morgan fingerprint density at radius 1 is 1.13 bits per heavy atom. The van der Waals surface area contributed by atoms with Gasteiger partial charge in [-0.3, -0.25) is 10.2 Å². The molecular formula is C16H14Cl2N2O2S. The van der Waals surface area contributed by atoms with E-state index in [0.717, 1.165) is 16.3 Å². The molecule has 120 valence electrons. The van der Waals surface area contributed by atoms with E-state index in [-0.39, 0.29) is 5.78 Å². The molecule has 0 saturated carbocycles. The van der Waals surface area contributed by atoms with Crippen LogP contribution in [0.5, 0.6) is 5.75 Å². The molecular weight excluding hydrogens is 355 g/mol. The average molecular weight is 369 g/mol. The minimum Gasteiger partial charge on any atom is -0.497 e. The summed E-state index contributed by atoms with van der Waals surface area (Å²) in [6.45, 7) is 1.45. The normalized spacial score (nSPS) is 11.2. The van der Waals surface area contributed by atoms with E-state index >= 15 is 0 Å². The SMILES string of the molecule is COc1ccc(N/N=C(/Sc2cc(Cl)cc(Cl)c2)C(C)=O)cc1. The third kappa shape index (κ3) is 5.46. The molecule has 1 N–H and O–H groups in total. The molecule has 0 aliphatic carbocycles. The Balaban J connectivity index is 2.15. The fraction of sp³-hybridized carbons (Fsp3) is 0.125. The van der Waals surface area contributed by atoms with Crippen LogP contribution in [0.25, 0.3) is 0 Å². The van der Waals surface area contributed by atoms with Crippen LogP contribution >= 0.6 is 35.0 Å². The number of methoxy groups -OCH3 is 1. The predicted octanol–water partition coefficient (Wildman–Crippen LogP) is 5.11. The van der Waals surface area contributed by atoms with Crippen molar-refractivity contribution in [2.45, 2.75) is 11.8 Å². The van der Waals surface area contributed by atoms with Crippen LogP contribution in [0.2, 0.25) is 10.0 Å². The van der Waals surface area contributed by atoms with Gasteiger partial charge in [-0.05, 0) is 42.5 Å². The molecule has 2 rings (SSSR count). The lowest BCUT2D eigenvalue weighted by atomic mass is 10.3. The largest absolute Gasteiger partial charge is 0.497 e. The monoisotopic (exact) mass is 368 g/mol. The van der Waals surface area contributed by atoms with Gasteiger partial charge in [-0.1, -0.05) is 35.0 Å². The molecule has 0 unspecified atom stereocenters. The van der Waals surface area contributed by atoms with Gasteiger partial charge in [0.2, 0.25) is 0 Å². The van der Waals surface area contributed by atoms with Crippen LogP contribution < -0.4 is 10.2 Å². The molecule has 2 aromatic rings. The molecule has 0 amide bonds. The number of rotatable bonds is 5. The number of carbonyl (C=O) groups is 1. The van der Waals surface area contributed by atoms with Crippen LogP contribution in [0.1, 0.15) is 6.92 Å². The minimum atomic E-state index is -0.160. The summed E-state index contributed by atoms with van der Waals surface area (Å²) in [7, 11) is 1.60. The Hall–Kier alpha value is -1.69. The maximum atomic E-state index is 11.8. The van der Waals surface area contributed by atoms with Crippen molar-refractivity contribution in [3.8, 4) is 5.75 Å². The number of nitrogens with zero attached hydrogens (tertiary/aromatic N) is 1. The van der Waals surface area contributed by atoms with Crippen molar-refractivity contribution in [3.63, 3.8) is 0 Å². The Labute approximate surface area is 148 Å². The number of anilines is 1. The van der Waals surface area contributed by atoms with Crippen LogP contribution in [0.4, 0.5) is 5.69 Å². The molecule has 0 saturated heterocycles. The zero-order valence-corrected chi connectivity index (χ0v) is 14.8. The van der Waals surface area contributed by atoms with Crippen LogP contribution in [-0.2, 0) is 4.79 Å². The highest BCUT2D eigenvalue weighted by Gasteiger charge is 2.10. The molecule has 0 aliphatic heterocycles. The van der Waals surface area contributed by atoms with Crippen molar-refractivity contribution in [1.29, 1.82) is 0 Å². The summed E-state index contributed by atoms with van der Waals surface area (Å²) in [4.78, 5) is 12.5. The van der Waals surface area contributed by atoms with Crippen molar-refractivity contribution in [2.75, 3.05) is 12.5 Å². The maximum absolute atomic E-state index is 11.8. The third-order valence-electron chi connectivity index (χ3n) is 2.73. The van der Waals surface area contributed by atoms with Gasteiger partial charge in [0, 0.05) is 21.9 Å². The van der Waals surface area contributed by atoms with Gasteiger partial charge in [0.05, 0.1) is 12.8 Å². The number of Topliss-reactive ketones (excluding diaryl/α,β-unsaturated/α-hetero) is 1. The minimum absolute atomic E-state index is 0.160. The number of hydrazone groups is 1. The van der Waals surface area contributed by atoms with Crippen LogP contribution in [0.15, 0.2) is 52.5 Å². The molecule has 2 aromatic carbocycles. The van der Waals surface area contributed by atoms with Crippen LogP contribution in [-0.4, -0.2) is 17.9 Å². The predicted molar refractivity (Wildman–Crippen MR) is 97.1 cm³/mol. The highest BCUT2D eigenvalue weighted by molar-refractivity contribution is 8.15. The summed E-state index contributed by atoms with van der Waals surface area (Å²) in [5.41, 5.74) is 3.60. The Morgan fingerprint density at radius 3 is 2.26 bits per heavy atom. The summed E-state index contributed by atoms with van der Waals surface area (Å²) in [5.74, 6) is 0.585. The molecule has 0 heterocycles. The van der Waals surface area contributed by atoms with Crippen LogP contribution in [0, 0.1) is 0 Å². The van der Waals surface area contributed by atoms with Gasteiger partial charge in [-0.15, -0.1) is 0 Å². The molecule has 0 atom stereocenters. The number of thioether (sulfide) groups is 1. The molecule has 0 fully saturated rings. The highest BCUT2D eigenvalue weighted by Crippen LogP contribution is 2.28. The second kappa shape index (κ2) is 8.24. The highest BCUT2D eigenvalue weighted by atomic mass is 35.5. The summed E-state index contributed by atoms with van der Waals surface area (Å²) in [6.07, 6.45) is 0. The topological polar surface area (TPSA) is 50.7 Å². The second-order valence-electron chi connectivity index (χ2n) is 4.52. The lowest BCUT2D eigenvalue weighted by Crippen LogP contribution is -2.08. The number of carbonyl (C=O) groups excluding carboxylic acids is 1. The van der Waals surface area contributed by atoms with E-state index in [1.165, 1.54) is 18.7 Å². The fourth-order valence-electron chi connectivity index (χ4n) is 1.65. The smallest absolute Gasteiger partial charge is 0.186 e. The van der Waals surface area contributed by atoms with Crippen molar-refractivity contribution in [3.05, 3.63) is 52.5 Å². The number of ether oxygens (including phenoxy) is 1. The standard InChI is InChI=1S/C16H14Cl2N2O2S/c1-10(21)16(23-15-8-11(17)7-12(18)9-15)20-19-13-3-5-14(22-2)6-4-13/h3-9,19H,1-2H3/b20-16+. The quantitative estimate of drug-likeness (QED) is 0.344. The molecule has 23 heavy (non-hydrogen) atoms. The molecule has 0 spiro atoms. The third-order valence-corrected chi connectivity index (χ3v) is 4.21. The molecule has 0 radical (unpaired) electrons. The van der Waals surface area contributed by atoms with E-state index in [4.69, 9.17) is 27.9 Å². The summed E-state index contributed by atoms with van der Waals surface area (Å²) in [5, 5.41) is 5.47. The van der Waals surface area contributed by atoms with Gasteiger partial charge in [0.1, 0.15) is 5.75 Å². The lowest BCUT2D eigenvalue weighted by molar-refractivity contribution is -0.110. The van der Waals surface area contributed by atoms with Crippen molar-refractivity contribution >= 4 is 51.5 Å². The summed E-state index contributed by atoms with van der Waals surface area (Å²) >= 11 is 13.1. The first-order valence-corrected chi connectivity index (χ1v) is 8.18. The zero-order valence-electron chi connectivity index (χ0n) is 12.5. The number of hydrogen-bond acceptors (Lipinski definition) is 5.